The average Bonchev–Trinajstić information content (AvgIpc) is 2.93. The zero-order valence-corrected chi connectivity index (χ0v) is 10.2. The molecule has 4 aliphatic rings. The molecule has 0 nitrogen and oxygen atoms in total. The summed E-state index contributed by atoms with van der Waals surface area (Å²) < 4.78 is 0. The minimum atomic E-state index is 0.746. The second-order valence-electron chi connectivity index (χ2n) is 7.30. The molecular formula is C15H24. The molecule has 0 heteroatoms. The van der Waals surface area contributed by atoms with Crippen molar-refractivity contribution >= 4 is 0 Å². The van der Waals surface area contributed by atoms with Gasteiger partial charge in [0.1, 0.15) is 0 Å². The topological polar surface area (TPSA) is 0 Å². The van der Waals surface area contributed by atoms with Crippen LogP contribution in [-0.4, -0.2) is 0 Å². The van der Waals surface area contributed by atoms with Gasteiger partial charge in [-0.15, -0.1) is 0 Å². The molecule has 4 saturated carbocycles. The first-order valence-electron chi connectivity index (χ1n) is 7.23. The average molecular weight is 204 g/mol. The van der Waals surface area contributed by atoms with Crippen LogP contribution in [0.15, 0.2) is 0 Å². The van der Waals surface area contributed by atoms with E-state index in [1.54, 1.807) is 32.1 Å². The van der Waals surface area contributed by atoms with Gasteiger partial charge < -0.3 is 0 Å². The molecule has 84 valence electrons. The Balaban J connectivity index is 1.71. The Hall–Kier alpha value is 0. The second kappa shape index (κ2) is 2.63. The lowest BCUT2D eigenvalue weighted by atomic mass is 9.61. The fourth-order valence-electron chi connectivity index (χ4n) is 6.44. The summed E-state index contributed by atoms with van der Waals surface area (Å²) in [6, 6.07) is 0. The van der Waals surface area contributed by atoms with Crippen molar-refractivity contribution in [2.24, 2.45) is 40.9 Å². The van der Waals surface area contributed by atoms with Crippen LogP contribution in [0, 0.1) is 40.9 Å². The van der Waals surface area contributed by atoms with E-state index in [0.717, 1.165) is 17.3 Å². The highest BCUT2D eigenvalue weighted by atomic mass is 14.7. The Bertz CT molecular complexity index is 294. The fourth-order valence-corrected chi connectivity index (χ4v) is 6.44. The molecule has 0 amide bonds. The minimum Gasteiger partial charge on any atom is -0.0649 e. The standard InChI is InChI=1S/C15H24/c1-3-15(2)8-11-7-12(15)14-10-5-4-9(6-10)13(11)14/h9-14H,3-8H2,1-2H3. The van der Waals surface area contributed by atoms with E-state index < -0.39 is 0 Å². The van der Waals surface area contributed by atoms with Crippen LogP contribution in [0.4, 0.5) is 0 Å². The Morgan fingerprint density at radius 1 is 1.00 bits per heavy atom. The smallest absolute Gasteiger partial charge is 0.0294 e. The molecule has 4 aliphatic carbocycles. The molecule has 0 heterocycles. The van der Waals surface area contributed by atoms with Gasteiger partial charge in [0.15, 0.2) is 0 Å². The predicted molar refractivity (Wildman–Crippen MR) is 62.4 cm³/mol. The number of fused-ring (bicyclic) bond motifs is 9. The minimum absolute atomic E-state index is 0.746. The molecular weight excluding hydrogens is 180 g/mol. The van der Waals surface area contributed by atoms with Crippen LogP contribution in [-0.2, 0) is 0 Å². The van der Waals surface area contributed by atoms with Crippen LogP contribution >= 0.6 is 0 Å². The predicted octanol–water partition coefficient (Wildman–Crippen LogP) is 4.10. The first-order valence-corrected chi connectivity index (χ1v) is 7.23. The van der Waals surface area contributed by atoms with E-state index in [0.29, 0.717) is 0 Å². The zero-order chi connectivity index (χ0) is 10.2. The summed E-state index contributed by atoms with van der Waals surface area (Å²) >= 11 is 0. The molecule has 0 aromatic rings. The lowest BCUT2D eigenvalue weighted by Crippen LogP contribution is -2.37. The molecule has 7 atom stereocenters. The maximum absolute atomic E-state index is 2.60. The molecule has 4 bridgehead atoms. The van der Waals surface area contributed by atoms with Crippen molar-refractivity contribution in [2.45, 2.75) is 52.4 Å². The van der Waals surface area contributed by atoms with Crippen molar-refractivity contribution in [3.63, 3.8) is 0 Å². The van der Waals surface area contributed by atoms with Gasteiger partial charge in [0, 0.05) is 0 Å². The molecule has 4 fully saturated rings. The molecule has 0 aliphatic heterocycles. The molecule has 0 aromatic heterocycles. The first-order chi connectivity index (χ1) is 7.23. The summed E-state index contributed by atoms with van der Waals surface area (Å²) in [5.41, 5.74) is 0.746. The normalized spacial score (nSPS) is 65.2. The lowest BCUT2D eigenvalue weighted by molar-refractivity contribution is 0.0436. The maximum atomic E-state index is 2.60. The van der Waals surface area contributed by atoms with E-state index in [4.69, 9.17) is 0 Å². The van der Waals surface area contributed by atoms with Gasteiger partial charge in [-0.1, -0.05) is 20.3 Å². The molecule has 0 N–H and O–H groups in total. The van der Waals surface area contributed by atoms with Crippen molar-refractivity contribution < 1.29 is 0 Å². The van der Waals surface area contributed by atoms with Crippen LogP contribution in [0.3, 0.4) is 0 Å². The molecule has 7 unspecified atom stereocenters. The summed E-state index contributed by atoms with van der Waals surface area (Å²) in [6.07, 6.45) is 9.45. The number of hydrogen-bond donors (Lipinski definition) is 0. The van der Waals surface area contributed by atoms with Crippen molar-refractivity contribution in [2.75, 3.05) is 0 Å². The highest BCUT2D eigenvalue weighted by Crippen LogP contribution is 2.72. The quantitative estimate of drug-likeness (QED) is 0.564. The maximum Gasteiger partial charge on any atom is -0.0294 e. The summed E-state index contributed by atoms with van der Waals surface area (Å²) in [4.78, 5) is 0. The van der Waals surface area contributed by atoms with Crippen molar-refractivity contribution in [3.8, 4) is 0 Å². The van der Waals surface area contributed by atoms with E-state index in [1.807, 2.05) is 0 Å². The van der Waals surface area contributed by atoms with E-state index in [2.05, 4.69) is 13.8 Å². The van der Waals surface area contributed by atoms with Gasteiger partial charge in [-0.2, -0.15) is 0 Å². The van der Waals surface area contributed by atoms with Gasteiger partial charge >= 0.3 is 0 Å². The third-order valence-electron chi connectivity index (χ3n) is 7.04. The summed E-state index contributed by atoms with van der Waals surface area (Å²) in [7, 11) is 0. The van der Waals surface area contributed by atoms with E-state index in [1.165, 1.54) is 30.1 Å². The molecule has 4 rings (SSSR count). The third-order valence-corrected chi connectivity index (χ3v) is 7.04. The van der Waals surface area contributed by atoms with Crippen LogP contribution in [0.5, 0.6) is 0 Å². The van der Waals surface area contributed by atoms with Crippen LogP contribution < -0.4 is 0 Å². The molecule has 0 spiro atoms. The summed E-state index contributed by atoms with van der Waals surface area (Å²) in [5, 5.41) is 0. The Labute approximate surface area is 93.8 Å². The van der Waals surface area contributed by atoms with Gasteiger partial charge in [0.05, 0.1) is 0 Å². The Morgan fingerprint density at radius 2 is 1.73 bits per heavy atom. The highest BCUT2D eigenvalue weighted by molar-refractivity contribution is 5.13. The van der Waals surface area contributed by atoms with Gasteiger partial charge in [-0.05, 0) is 73.0 Å². The SMILES string of the molecule is CCC1(C)CC2CC1C1C3CCC(C3)C21. The highest BCUT2D eigenvalue weighted by Gasteiger charge is 2.64. The molecule has 0 aromatic carbocycles. The molecule has 0 radical (unpaired) electrons. The monoisotopic (exact) mass is 204 g/mol. The van der Waals surface area contributed by atoms with Gasteiger partial charge in [-0.25, -0.2) is 0 Å². The summed E-state index contributed by atoms with van der Waals surface area (Å²) in [6.45, 7) is 5.03. The third kappa shape index (κ3) is 0.913. The largest absolute Gasteiger partial charge is 0.0649 e. The molecule has 15 heavy (non-hydrogen) atoms. The summed E-state index contributed by atoms with van der Waals surface area (Å²) in [5.74, 6) is 7.02. The van der Waals surface area contributed by atoms with Gasteiger partial charge in [0.2, 0.25) is 0 Å². The Morgan fingerprint density at radius 3 is 2.47 bits per heavy atom. The van der Waals surface area contributed by atoms with E-state index in [9.17, 15) is 0 Å². The van der Waals surface area contributed by atoms with E-state index in [-0.39, 0.29) is 0 Å². The Kier molecular flexibility index (Phi) is 1.59. The van der Waals surface area contributed by atoms with Crippen molar-refractivity contribution in [3.05, 3.63) is 0 Å². The lowest BCUT2D eigenvalue weighted by Gasteiger charge is -2.44. The van der Waals surface area contributed by atoms with Crippen LogP contribution in [0.1, 0.15) is 52.4 Å². The van der Waals surface area contributed by atoms with Crippen molar-refractivity contribution in [1.82, 2.24) is 0 Å². The fraction of sp³-hybridized carbons (Fsp3) is 1.00. The van der Waals surface area contributed by atoms with Crippen molar-refractivity contribution in [1.29, 1.82) is 0 Å². The second-order valence-corrected chi connectivity index (χ2v) is 7.30. The van der Waals surface area contributed by atoms with E-state index >= 15 is 0 Å². The van der Waals surface area contributed by atoms with Crippen LogP contribution in [0.2, 0.25) is 0 Å². The first kappa shape index (κ1) is 9.07. The van der Waals surface area contributed by atoms with Gasteiger partial charge in [-0.3, -0.25) is 0 Å². The molecule has 0 saturated heterocycles. The zero-order valence-electron chi connectivity index (χ0n) is 10.2. The number of hydrogen-bond acceptors (Lipinski definition) is 0. The van der Waals surface area contributed by atoms with Crippen LogP contribution in [0.25, 0.3) is 0 Å². The number of rotatable bonds is 1. The van der Waals surface area contributed by atoms with Gasteiger partial charge in [0.25, 0.3) is 0 Å².